The average molecular weight is 324 g/mol. The van der Waals surface area contributed by atoms with Crippen LogP contribution in [0.3, 0.4) is 0 Å². The number of ketones is 1. The van der Waals surface area contributed by atoms with Gasteiger partial charge in [0, 0.05) is 28.7 Å². The Kier molecular flexibility index (Phi) is 3.72. The Morgan fingerprint density at radius 2 is 1.44 bits per heavy atom. The molecule has 0 saturated carbocycles. The predicted molar refractivity (Wildman–Crippen MR) is 97.2 cm³/mol. The summed E-state index contributed by atoms with van der Waals surface area (Å²) in [6.07, 6.45) is 0.266. The van der Waals surface area contributed by atoms with E-state index in [2.05, 4.69) is 11.8 Å². The zero-order valence-electron chi connectivity index (χ0n) is 13.6. The number of benzene rings is 3. The van der Waals surface area contributed by atoms with Gasteiger partial charge in [0.05, 0.1) is 0 Å². The lowest BCUT2D eigenvalue weighted by Crippen LogP contribution is -2.27. The summed E-state index contributed by atoms with van der Waals surface area (Å²) in [6.45, 7) is 0. The molecule has 0 fully saturated rings. The van der Waals surface area contributed by atoms with E-state index in [4.69, 9.17) is 0 Å². The van der Waals surface area contributed by atoms with Gasteiger partial charge in [0.25, 0.3) is 0 Å². The third-order valence-electron chi connectivity index (χ3n) is 4.54. The number of aliphatic hydroxyl groups is 1. The standard InChI is InChI=1S/C23H16O2/c24-22-16-18-10-4-6-12-20(18)23(25,21-13-7-5-11-19(21)22)15-14-17-8-2-1-3-9-17/h1-13,25H,16H2. The van der Waals surface area contributed by atoms with Crippen molar-refractivity contribution in [1.82, 2.24) is 0 Å². The fourth-order valence-electron chi connectivity index (χ4n) is 3.30. The molecule has 3 aromatic carbocycles. The van der Waals surface area contributed by atoms with Crippen LogP contribution in [0.2, 0.25) is 0 Å². The van der Waals surface area contributed by atoms with Crippen LogP contribution in [0.1, 0.15) is 32.6 Å². The molecule has 1 aliphatic rings. The summed E-state index contributed by atoms with van der Waals surface area (Å²) in [4.78, 5) is 12.7. The highest BCUT2D eigenvalue weighted by atomic mass is 16.3. The highest BCUT2D eigenvalue weighted by Gasteiger charge is 2.37. The van der Waals surface area contributed by atoms with Crippen molar-refractivity contribution in [2.45, 2.75) is 12.0 Å². The molecule has 4 rings (SSSR count). The van der Waals surface area contributed by atoms with Crippen LogP contribution in [0.25, 0.3) is 0 Å². The summed E-state index contributed by atoms with van der Waals surface area (Å²) in [5, 5.41) is 11.6. The molecular weight excluding hydrogens is 308 g/mol. The van der Waals surface area contributed by atoms with Crippen molar-refractivity contribution in [2.75, 3.05) is 0 Å². The molecule has 0 heterocycles. The number of fused-ring (bicyclic) bond motifs is 2. The summed E-state index contributed by atoms with van der Waals surface area (Å²) in [7, 11) is 0. The number of rotatable bonds is 0. The van der Waals surface area contributed by atoms with E-state index in [0.29, 0.717) is 16.7 Å². The fraction of sp³-hybridized carbons (Fsp3) is 0.0870. The van der Waals surface area contributed by atoms with Crippen molar-refractivity contribution in [3.8, 4) is 11.8 Å². The summed E-state index contributed by atoms with van der Waals surface area (Å²) in [5.74, 6) is 6.11. The van der Waals surface area contributed by atoms with E-state index in [-0.39, 0.29) is 12.2 Å². The maximum Gasteiger partial charge on any atom is 0.178 e. The Labute approximate surface area is 146 Å². The van der Waals surface area contributed by atoms with Gasteiger partial charge < -0.3 is 5.11 Å². The van der Waals surface area contributed by atoms with E-state index in [0.717, 1.165) is 11.1 Å². The third kappa shape index (κ3) is 2.65. The molecule has 0 aromatic heterocycles. The molecule has 2 nitrogen and oxygen atoms in total. The first-order valence-electron chi connectivity index (χ1n) is 8.20. The molecule has 120 valence electrons. The molecule has 0 aliphatic heterocycles. The first-order valence-corrected chi connectivity index (χ1v) is 8.20. The smallest absolute Gasteiger partial charge is 0.178 e. The first-order chi connectivity index (χ1) is 12.2. The summed E-state index contributed by atoms with van der Waals surface area (Å²) in [5.41, 5.74) is 1.87. The number of carbonyl (C=O) groups is 1. The summed E-state index contributed by atoms with van der Waals surface area (Å²) < 4.78 is 0. The molecule has 1 atom stereocenters. The van der Waals surface area contributed by atoms with Crippen LogP contribution in [0.15, 0.2) is 78.9 Å². The molecule has 1 N–H and O–H groups in total. The molecular formula is C23H16O2. The zero-order chi connectivity index (χ0) is 17.3. The predicted octanol–water partition coefficient (Wildman–Crippen LogP) is 3.71. The number of carbonyl (C=O) groups excluding carboxylic acids is 1. The monoisotopic (exact) mass is 324 g/mol. The molecule has 0 saturated heterocycles. The van der Waals surface area contributed by atoms with Gasteiger partial charge in [-0.15, -0.1) is 0 Å². The van der Waals surface area contributed by atoms with Crippen molar-refractivity contribution >= 4 is 5.78 Å². The maximum atomic E-state index is 12.7. The molecule has 0 amide bonds. The Hall–Kier alpha value is -3.15. The zero-order valence-corrected chi connectivity index (χ0v) is 13.6. The lowest BCUT2D eigenvalue weighted by Gasteiger charge is -2.25. The summed E-state index contributed by atoms with van der Waals surface area (Å²) >= 11 is 0. The topological polar surface area (TPSA) is 37.3 Å². The fourth-order valence-corrected chi connectivity index (χ4v) is 3.30. The van der Waals surface area contributed by atoms with Crippen molar-refractivity contribution < 1.29 is 9.90 Å². The number of hydrogen-bond donors (Lipinski definition) is 1. The number of hydrogen-bond acceptors (Lipinski definition) is 2. The van der Waals surface area contributed by atoms with Gasteiger partial charge in [0.2, 0.25) is 0 Å². The quantitative estimate of drug-likeness (QED) is 0.640. The average Bonchev–Trinajstić information content (AvgIpc) is 2.76. The third-order valence-corrected chi connectivity index (χ3v) is 4.54. The molecule has 2 heteroatoms. The van der Waals surface area contributed by atoms with E-state index in [1.54, 1.807) is 12.1 Å². The van der Waals surface area contributed by atoms with E-state index >= 15 is 0 Å². The van der Waals surface area contributed by atoms with E-state index < -0.39 is 5.60 Å². The molecule has 25 heavy (non-hydrogen) atoms. The largest absolute Gasteiger partial charge is 0.369 e. The van der Waals surface area contributed by atoms with E-state index in [1.807, 2.05) is 66.7 Å². The van der Waals surface area contributed by atoms with E-state index in [1.165, 1.54) is 0 Å². The normalized spacial score (nSPS) is 18.4. The van der Waals surface area contributed by atoms with Crippen LogP contribution in [0, 0.1) is 11.8 Å². The van der Waals surface area contributed by atoms with Crippen molar-refractivity contribution in [2.24, 2.45) is 0 Å². The Bertz CT molecular complexity index is 1010. The van der Waals surface area contributed by atoms with Gasteiger partial charge in [0.1, 0.15) is 0 Å². The van der Waals surface area contributed by atoms with Crippen LogP contribution in [0.5, 0.6) is 0 Å². The second-order valence-corrected chi connectivity index (χ2v) is 6.13. The van der Waals surface area contributed by atoms with Gasteiger partial charge in [-0.05, 0) is 17.7 Å². The minimum absolute atomic E-state index is 0.000450. The van der Waals surface area contributed by atoms with Gasteiger partial charge >= 0.3 is 0 Å². The SMILES string of the molecule is O=C1Cc2ccccc2C(O)(C#Cc2ccccc2)c2ccccc21. The maximum absolute atomic E-state index is 12.7. The molecule has 1 aliphatic carbocycles. The van der Waals surface area contributed by atoms with Gasteiger partial charge in [-0.1, -0.05) is 78.6 Å². The van der Waals surface area contributed by atoms with Gasteiger partial charge in [0.15, 0.2) is 11.4 Å². The lowest BCUT2D eigenvalue weighted by atomic mass is 9.84. The second-order valence-electron chi connectivity index (χ2n) is 6.13. The molecule has 1 unspecified atom stereocenters. The highest BCUT2D eigenvalue weighted by molar-refractivity contribution is 6.00. The van der Waals surface area contributed by atoms with Gasteiger partial charge in [-0.3, -0.25) is 4.79 Å². The second kappa shape index (κ2) is 6.05. The Morgan fingerprint density at radius 1 is 0.800 bits per heavy atom. The van der Waals surface area contributed by atoms with Crippen LogP contribution in [0.4, 0.5) is 0 Å². The van der Waals surface area contributed by atoms with Crippen LogP contribution >= 0.6 is 0 Å². The van der Waals surface area contributed by atoms with Crippen LogP contribution in [-0.2, 0) is 12.0 Å². The molecule has 0 bridgehead atoms. The highest BCUT2D eigenvalue weighted by Crippen LogP contribution is 2.37. The molecule has 0 radical (unpaired) electrons. The van der Waals surface area contributed by atoms with Gasteiger partial charge in [-0.2, -0.15) is 0 Å². The van der Waals surface area contributed by atoms with Crippen LogP contribution < -0.4 is 0 Å². The van der Waals surface area contributed by atoms with Gasteiger partial charge in [-0.25, -0.2) is 0 Å². The van der Waals surface area contributed by atoms with E-state index in [9.17, 15) is 9.90 Å². The minimum Gasteiger partial charge on any atom is -0.369 e. The Balaban J connectivity index is 1.99. The van der Waals surface area contributed by atoms with Crippen molar-refractivity contribution in [3.63, 3.8) is 0 Å². The number of Topliss-reactive ketones (excluding diaryl/α,β-unsaturated/α-hetero) is 1. The van der Waals surface area contributed by atoms with Crippen LogP contribution in [-0.4, -0.2) is 10.9 Å². The van der Waals surface area contributed by atoms with Crippen molar-refractivity contribution in [1.29, 1.82) is 0 Å². The molecule has 0 spiro atoms. The molecule has 3 aromatic rings. The summed E-state index contributed by atoms with van der Waals surface area (Å²) in [6, 6.07) is 24.2. The minimum atomic E-state index is -1.52. The van der Waals surface area contributed by atoms with Crippen molar-refractivity contribution in [3.05, 3.63) is 107 Å². The lowest BCUT2D eigenvalue weighted by molar-refractivity contribution is 0.0989. The first kappa shape index (κ1) is 15.4. The Morgan fingerprint density at radius 3 is 2.24 bits per heavy atom.